The van der Waals surface area contributed by atoms with E-state index in [1.54, 1.807) is 41.5 Å². The van der Waals surface area contributed by atoms with Crippen molar-refractivity contribution < 1.29 is 127 Å². The van der Waals surface area contributed by atoms with Crippen LogP contribution in [0, 0.1) is 5.92 Å². The third kappa shape index (κ3) is 26.7. The minimum atomic E-state index is -5.05. The van der Waals surface area contributed by atoms with Gasteiger partial charge in [-0.05, 0) is 190 Å². The van der Waals surface area contributed by atoms with Crippen LogP contribution in [0.2, 0.25) is 72.5 Å². The average Bonchev–Trinajstić information content (AvgIpc) is 1.51. The predicted molar refractivity (Wildman–Crippen MR) is 468 cm³/mol. The summed E-state index contributed by atoms with van der Waals surface area (Å²) in [4.78, 5) is 113. The summed E-state index contributed by atoms with van der Waals surface area (Å²) in [5, 5.41) is -0.321. The number of ether oxygens (including phenoxy) is 2. The first-order valence-corrected chi connectivity index (χ1v) is 56.6. The largest absolute Gasteiger partial charge is 0.471 e. The molecule has 0 bridgehead atoms. The molecule has 0 radical (unpaired) electrons. The molecule has 2 unspecified atom stereocenters. The van der Waals surface area contributed by atoms with Crippen LogP contribution in [0.1, 0.15) is 207 Å². The number of likely N-dealkylation sites (tertiary alicyclic amines) is 3. The molecule has 0 N–H and O–H groups in total. The summed E-state index contributed by atoms with van der Waals surface area (Å²) >= 11 is 0. The second-order valence-electron chi connectivity index (χ2n) is 45.5. The molecule has 6 heterocycles. The topological polar surface area (TPSA) is 221 Å². The molecule has 41 heteroatoms. The smallest absolute Gasteiger partial charge is 0.444 e. The molecular formula is C88H143F14N9O14Si4. The molecule has 23 nitrogen and oxygen atoms in total. The fourth-order valence-electron chi connectivity index (χ4n) is 16.2. The molecule has 738 valence electrons. The van der Waals surface area contributed by atoms with E-state index in [0.717, 1.165) is 41.4 Å². The van der Waals surface area contributed by atoms with Crippen LogP contribution >= 0.6 is 0 Å². The number of halogens is 14. The number of benzene rings is 1. The van der Waals surface area contributed by atoms with E-state index in [2.05, 4.69) is 72.6 Å². The van der Waals surface area contributed by atoms with Crippen LogP contribution in [0.5, 0.6) is 0 Å². The number of hydrogen-bond donors (Lipinski definition) is 0. The van der Waals surface area contributed by atoms with Crippen LogP contribution in [-0.4, -0.2) is 311 Å². The molecule has 6 aliphatic heterocycles. The SMILES string of the molecule is CC(C)(C)OC(=O)N1C[C@H](F)C[C@H]1C(=O)N1CC2(CC2)N(C(=O)C(F)(F)F)C[C@@H]1CO[Si](C)(C)C(C)(C)C.CC(C)(C)OC(=O)N1C[C@H](F)C[C@H]1C(=O)N1CC2(CC2)N(C(=O)C(F)(F)F)C[C@H]1CO[Si](C)(C)C(C)(C)C.CC(C)(C)[Si](C)(C)OCC1CCC2(CC2)N(C(=O)C(F)(F)F)C1.CC(C)(C)[Si](C)(C)OCC1CN(C(=O)C(F)(F)F)C2(CC2)CN1Cc1ccccc1. The van der Waals surface area contributed by atoms with Crippen molar-refractivity contribution >= 4 is 80.9 Å². The summed E-state index contributed by atoms with van der Waals surface area (Å²) < 4.78 is 224. The highest BCUT2D eigenvalue weighted by Gasteiger charge is 2.66. The van der Waals surface area contributed by atoms with Gasteiger partial charge in [-0.15, -0.1) is 0 Å². The number of hydrogen-bond acceptors (Lipinski definition) is 15. The molecule has 1 aromatic carbocycles. The molecular weight excluding hydrogens is 1790 g/mol. The third-order valence-electron chi connectivity index (χ3n) is 28.9. The highest BCUT2D eigenvalue weighted by Crippen LogP contribution is 2.54. The highest BCUT2D eigenvalue weighted by molar-refractivity contribution is 6.75. The number of rotatable bonds is 16. The van der Waals surface area contributed by atoms with Crippen molar-refractivity contribution in [1.29, 1.82) is 0 Å². The second-order valence-corrected chi connectivity index (χ2v) is 64.7. The van der Waals surface area contributed by atoms with E-state index in [1.165, 1.54) is 9.80 Å². The van der Waals surface area contributed by atoms with Crippen LogP contribution < -0.4 is 0 Å². The molecule has 129 heavy (non-hydrogen) atoms. The van der Waals surface area contributed by atoms with E-state index >= 15 is 0 Å². The molecule has 10 fully saturated rings. The number of alkyl halides is 14. The van der Waals surface area contributed by atoms with E-state index < -0.39 is 175 Å². The zero-order valence-corrected chi connectivity index (χ0v) is 84.4. The van der Waals surface area contributed by atoms with Crippen molar-refractivity contribution in [2.24, 2.45) is 5.92 Å². The fraction of sp³-hybridized carbons (Fsp3) is 0.841. The van der Waals surface area contributed by atoms with Gasteiger partial charge >= 0.3 is 60.5 Å². The van der Waals surface area contributed by atoms with E-state index in [1.807, 2.05) is 98.1 Å². The van der Waals surface area contributed by atoms with Gasteiger partial charge in [-0.2, -0.15) is 52.7 Å². The quantitative estimate of drug-likeness (QED) is 0.111. The Bertz CT molecular complexity index is 3980. The Balaban J connectivity index is 0.000000216. The van der Waals surface area contributed by atoms with Crippen molar-refractivity contribution in [3.63, 3.8) is 0 Å². The lowest BCUT2D eigenvalue weighted by molar-refractivity contribution is -0.194. The van der Waals surface area contributed by atoms with Crippen LogP contribution in [0.25, 0.3) is 0 Å². The maximum absolute atomic E-state index is 14.5. The van der Waals surface area contributed by atoms with Gasteiger partial charge in [-0.1, -0.05) is 113 Å². The Morgan fingerprint density at radius 3 is 0.922 bits per heavy atom. The molecule has 1 aromatic rings. The van der Waals surface area contributed by atoms with E-state index in [4.69, 9.17) is 27.2 Å². The molecule has 11 rings (SSSR count). The third-order valence-corrected chi connectivity index (χ3v) is 47.0. The first-order chi connectivity index (χ1) is 58.2. The van der Waals surface area contributed by atoms with Gasteiger partial charge in [0.1, 0.15) is 35.6 Å². The lowest BCUT2D eigenvalue weighted by Gasteiger charge is -2.49. The summed E-state index contributed by atoms with van der Waals surface area (Å²) in [6.45, 7) is 51.7. The van der Waals surface area contributed by atoms with Crippen LogP contribution in [0.4, 0.5) is 71.1 Å². The maximum Gasteiger partial charge on any atom is 0.471 e. The van der Waals surface area contributed by atoms with Gasteiger partial charge < -0.3 is 56.6 Å². The lowest BCUT2D eigenvalue weighted by Crippen LogP contribution is -2.67. The van der Waals surface area contributed by atoms with Gasteiger partial charge in [0.25, 0.3) is 0 Å². The zero-order chi connectivity index (χ0) is 98.2. The van der Waals surface area contributed by atoms with Crippen molar-refractivity contribution in [1.82, 2.24) is 44.1 Å². The second kappa shape index (κ2) is 38.1. The van der Waals surface area contributed by atoms with Crippen molar-refractivity contribution in [2.45, 2.75) is 381 Å². The number of piperidine rings is 1. The van der Waals surface area contributed by atoms with E-state index in [-0.39, 0.29) is 111 Å². The predicted octanol–water partition coefficient (Wildman–Crippen LogP) is 18.1. The van der Waals surface area contributed by atoms with Gasteiger partial charge in [0.2, 0.25) is 11.8 Å². The zero-order valence-electron chi connectivity index (χ0n) is 80.4. The first-order valence-electron chi connectivity index (χ1n) is 45.0. The van der Waals surface area contributed by atoms with Crippen molar-refractivity contribution in [3.8, 4) is 0 Å². The molecule has 0 aromatic heterocycles. The van der Waals surface area contributed by atoms with Crippen LogP contribution in [-0.2, 0) is 62.5 Å². The Hall–Kier alpha value is -5.73. The molecule has 4 saturated carbocycles. The molecule has 6 saturated heterocycles. The van der Waals surface area contributed by atoms with Gasteiger partial charge in [0, 0.05) is 83.4 Å². The highest BCUT2D eigenvalue weighted by atomic mass is 28.4. The van der Waals surface area contributed by atoms with Gasteiger partial charge in [-0.25, -0.2) is 18.4 Å². The molecule has 8 amide bonds. The maximum atomic E-state index is 14.5. The molecule has 10 aliphatic rings. The standard InChI is InChI=1S/2C25H41F4N3O5Si.C22H33F3N2O2Si.C16H28F3NO2Si/c2*1-22(2,3)37-21(35)30-12-16(26)11-18(30)19(33)31-15-24(9-10-24)32(20(34)25(27,28)29)13-17(31)14-36-38(7,8)23(4,5)6;1-20(2,3)30(4,5)29-15-18-14-27(19(28)22(23,24)25)21(11-12-21)16-26(18)13-17-9-7-6-8-10-17;1-14(2,3)23(4,5)22-11-12-6-7-15(8-9-15)20(10-12)13(21)16(17,18)19/h2*16-18H,9-15H2,1-8H3;6-10,18H,11-16H2,1-5H3;12H,6-11H2,1-5H3/t16-,17+,18+;16-,17-,18+;;/m11../s1. The number of nitrogens with zero attached hydrogens (tertiary/aromatic N) is 9. The Labute approximate surface area is 756 Å². The molecule has 4 spiro atoms. The Morgan fingerprint density at radius 1 is 0.357 bits per heavy atom. The first kappa shape index (κ1) is 109. The summed E-state index contributed by atoms with van der Waals surface area (Å²) in [5.41, 5.74) is -4.06. The van der Waals surface area contributed by atoms with Gasteiger partial charge in [0.05, 0.1) is 61.6 Å². The van der Waals surface area contributed by atoms with Crippen molar-refractivity contribution in [3.05, 3.63) is 35.9 Å². The number of piperazine rings is 3. The minimum Gasteiger partial charge on any atom is -0.444 e. The molecule has 4 aliphatic carbocycles. The normalized spacial score (nSPS) is 25.0. The minimum absolute atomic E-state index is 0.00153. The molecule has 8 atom stereocenters. The van der Waals surface area contributed by atoms with Crippen molar-refractivity contribution in [2.75, 3.05) is 85.3 Å². The average molecular weight is 1930 g/mol. The van der Waals surface area contributed by atoms with Crippen LogP contribution in [0.15, 0.2) is 30.3 Å². The fourth-order valence-corrected chi connectivity index (χ4v) is 20.4. The monoisotopic (exact) mass is 1930 g/mol. The van der Waals surface area contributed by atoms with Gasteiger partial charge in [-0.3, -0.25) is 43.5 Å². The summed E-state index contributed by atoms with van der Waals surface area (Å²) in [7, 11) is -8.73. The summed E-state index contributed by atoms with van der Waals surface area (Å²) in [6, 6.07) is 5.59. The summed E-state index contributed by atoms with van der Waals surface area (Å²) in [6.07, 6.45) is -19.3. The van der Waals surface area contributed by atoms with E-state index in [9.17, 15) is 99.8 Å². The van der Waals surface area contributed by atoms with Gasteiger partial charge in [0.15, 0.2) is 33.3 Å². The number of amides is 8. The van der Waals surface area contributed by atoms with Crippen LogP contribution in [0.3, 0.4) is 0 Å². The van der Waals surface area contributed by atoms with E-state index in [0.29, 0.717) is 84.1 Å². The summed E-state index contributed by atoms with van der Waals surface area (Å²) in [5.74, 6) is -8.38. The Kier molecular flexibility index (Phi) is 32.1. The Morgan fingerprint density at radius 2 is 0.636 bits per heavy atom. The number of carbonyl (C=O) groups excluding carboxylic acids is 8. The lowest BCUT2D eigenvalue weighted by atomic mass is 9.91. The number of carbonyl (C=O) groups is 8.